The highest BCUT2D eigenvalue weighted by molar-refractivity contribution is 7.94. The minimum atomic E-state index is -3.92. The average molecular weight is 600 g/mol. The van der Waals surface area contributed by atoms with E-state index < -0.39 is 22.0 Å². The number of rotatable bonds is 12. The number of halogens is 1. The third kappa shape index (κ3) is 6.12. The van der Waals surface area contributed by atoms with Crippen LogP contribution in [0.25, 0.3) is 10.9 Å². The first-order valence-electron chi connectivity index (χ1n) is 12.1. The van der Waals surface area contributed by atoms with Crippen molar-refractivity contribution in [2.75, 3.05) is 11.8 Å². The Labute approximate surface area is 239 Å². The number of hydrogen-bond donors (Lipinski definition) is 4. The minimum Gasteiger partial charge on any atom is -0.496 e. The maximum absolute atomic E-state index is 13.1. The van der Waals surface area contributed by atoms with Gasteiger partial charge in [0.2, 0.25) is 5.91 Å². The van der Waals surface area contributed by atoms with Crippen LogP contribution in [-0.2, 0) is 34.3 Å². The highest BCUT2D eigenvalue weighted by Crippen LogP contribution is 2.35. The number of carbonyl (C=O) groups is 1. The van der Waals surface area contributed by atoms with Crippen LogP contribution in [0.4, 0.5) is 5.82 Å². The van der Waals surface area contributed by atoms with E-state index in [1.807, 2.05) is 36.4 Å². The van der Waals surface area contributed by atoms with E-state index in [4.69, 9.17) is 22.1 Å². The van der Waals surface area contributed by atoms with Gasteiger partial charge in [0, 0.05) is 24.9 Å². The number of nitrogens with zero attached hydrogens (tertiary/aromatic N) is 3. The molecule has 0 saturated heterocycles. The first-order chi connectivity index (χ1) is 19.2. The van der Waals surface area contributed by atoms with Crippen molar-refractivity contribution in [1.82, 2.24) is 25.1 Å². The van der Waals surface area contributed by atoms with E-state index in [1.165, 1.54) is 19.2 Å². The van der Waals surface area contributed by atoms with Crippen molar-refractivity contribution in [3.05, 3.63) is 88.3 Å². The number of anilines is 1. The molecule has 208 valence electrons. The SMILES string of the molecule is COc1cccc2c1c(NS(=O)(=O)c1ccc(Cl)s1)nn2Cc1cccc(CN[C@@H](Cc2cnc[nH]2)C(N)=O)c1. The highest BCUT2D eigenvalue weighted by Gasteiger charge is 2.23. The number of sulfonamides is 1. The molecular weight excluding hydrogens is 574 g/mol. The van der Waals surface area contributed by atoms with Crippen molar-refractivity contribution in [3.8, 4) is 5.75 Å². The molecule has 0 spiro atoms. The number of imidazole rings is 1. The Bertz CT molecular complexity index is 1750. The molecule has 40 heavy (non-hydrogen) atoms. The highest BCUT2D eigenvalue weighted by atomic mass is 35.5. The molecule has 1 amide bonds. The number of aromatic amines is 1. The van der Waals surface area contributed by atoms with Crippen LogP contribution in [-0.4, -0.2) is 47.2 Å². The predicted octanol–water partition coefficient (Wildman–Crippen LogP) is 3.52. The molecule has 5 aromatic rings. The second kappa shape index (κ2) is 11.7. The average Bonchev–Trinajstić information content (AvgIpc) is 3.68. The Morgan fingerprint density at radius 1 is 1.20 bits per heavy atom. The van der Waals surface area contributed by atoms with E-state index >= 15 is 0 Å². The number of nitrogens with one attached hydrogen (secondary N) is 3. The molecule has 0 radical (unpaired) electrons. The van der Waals surface area contributed by atoms with Crippen LogP contribution in [0.5, 0.6) is 5.75 Å². The van der Waals surface area contributed by atoms with E-state index in [1.54, 1.807) is 23.3 Å². The number of thiophene rings is 1. The molecule has 0 unspecified atom stereocenters. The molecule has 3 heterocycles. The molecular formula is C26H26ClN7O4S2. The summed E-state index contributed by atoms with van der Waals surface area (Å²) in [7, 11) is -2.40. The van der Waals surface area contributed by atoms with Gasteiger partial charge in [0.25, 0.3) is 10.0 Å². The van der Waals surface area contributed by atoms with Crippen LogP contribution >= 0.6 is 22.9 Å². The standard InChI is InChI=1S/C26H26ClN7O4S2/c1-38-21-7-3-6-20-24(21)26(33-40(36,37)23-9-8-22(27)39-23)32-34(20)14-17-5-2-4-16(10-17)12-30-19(25(28)35)11-18-13-29-15-31-18/h2-10,13,15,19,30H,11-12,14H2,1H3,(H2,28,35)(H,29,31)(H,32,33)/t19-/m0/s1. The predicted molar refractivity (Wildman–Crippen MR) is 154 cm³/mol. The van der Waals surface area contributed by atoms with Crippen molar-refractivity contribution in [3.63, 3.8) is 0 Å². The number of H-pyrrole nitrogens is 1. The minimum absolute atomic E-state index is 0.0806. The number of primary amides is 1. The fourth-order valence-corrected chi connectivity index (χ4v) is 6.81. The van der Waals surface area contributed by atoms with Crippen molar-refractivity contribution >= 4 is 55.6 Å². The van der Waals surface area contributed by atoms with Gasteiger partial charge >= 0.3 is 0 Å². The molecule has 0 bridgehead atoms. The molecule has 2 aromatic carbocycles. The number of fused-ring (bicyclic) bond motifs is 1. The molecule has 3 aromatic heterocycles. The molecule has 0 saturated carbocycles. The smallest absolute Gasteiger partial charge is 0.272 e. The second-order valence-corrected chi connectivity index (χ2v) is 12.6. The zero-order chi connectivity index (χ0) is 28.3. The Kier molecular flexibility index (Phi) is 8.07. The number of carbonyl (C=O) groups excluding carboxylic acids is 1. The van der Waals surface area contributed by atoms with Gasteiger partial charge in [0.1, 0.15) is 9.96 Å². The quantitative estimate of drug-likeness (QED) is 0.171. The number of benzene rings is 2. The zero-order valence-electron chi connectivity index (χ0n) is 21.3. The number of amides is 1. The molecule has 0 fully saturated rings. The molecule has 0 aliphatic carbocycles. The third-order valence-electron chi connectivity index (χ3n) is 6.20. The number of nitrogens with two attached hydrogens (primary N) is 1. The summed E-state index contributed by atoms with van der Waals surface area (Å²) in [5.74, 6) is 0.179. The van der Waals surface area contributed by atoms with E-state index in [9.17, 15) is 13.2 Å². The van der Waals surface area contributed by atoms with Gasteiger partial charge in [-0.2, -0.15) is 5.10 Å². The number of methoxy groups -OCH3 is 1. The van der Waals surface area contributed by atoms with Gasteiger partial charge in [0.15, 0.2) is 5.82 Å². The summed E-state index contributed by atoms with van der Waals surface area (Å²) in [4.78, 5) is 18.9. The fraction of sp³-hybridized carbons (Fsp3) is 0.192. The van der Waals surface area contributed by atoms with Gasteiger partial charge in [-0.15, -0.1) is 11.3 Å². The summed E-state index contributed by atoms with van der Waals surface area (Å²) in [6.07, 6.45) is 3.61. The monoisotopic (exact) mass is 599 g/mol. The normalized spacial score (nSPS) is 12.4. The lowest BCUT2D eigenvalue weighted by Crippen LogP contribution is -2.42. The van der Waals surface area contributed by atoms with Crippen LogP contribution in [0, 0.1) is 0 Å². The van der Waals surface area contributed by atoms with Gasteiger partial charge in [-0.3, -0.25) is 14.2 Å². The van der Waals surface area contributed by atoms with E-state index in [0.717, 1.165) is 28.2 Å². The number of aromatic nitrogens is 4. The molecule has 1 atom stereocenters. The lowest BCUT2D eigenvalue weighted by molar-refractivity contribution is -0.120. The first-order valence-corrected chi connectivity index (χ1v) is 14.8. The first kappa shape index (κ1) is 27.6. The lowest BCUT2D eigenvalue weighted by Gasteiger charge is -2.15. The summed E-state index contributed by atoms with van der Waals surface area (Å²) < 4.78 is 36.4. The molecule has 14 heteroatoms. The van der Waals surface area contributed by atoms with Crippen LogP contribution < -0.4 is 20.5 Å². The van der Waals surface area contributed by atoms with Gasteiger partial charge in [-0.05, 0) is 35.4 Å². The van der Waals surface area contributed by atoms with E-state index in [-0.39, 0.29) is 10.0 Å². The van der Waals surface area contributed by atoms with Gasteiger partial charge in [-0.1, -0.05) is 41.9 Å². The third-order valence-corrected chi connectivity index (χ3v) is 9.26. The summed E-state index contributed by atoms with van der Waals surface area (Å²) in [5, 5.41) is 8.36. The molecule has 0 aliphatic heterocycles. The lowest BCUT2D eigenvalue weighted by atomic mass is 10.1. The van der Waals surface area contributed by atoms with E-state index in [2.05, 4.69) is 25.1 Å². The maximum atomic E-state index is 13.1. The summed E-state index contributed by atoms with van der Waals surface area (Å²) >= 11 is 6.92. The molecule has 11 nitrogen and oxygen atoms in total. The van der Waals surface area contributed by atoms with Crippen LogP contribution in [0.15, 0.2) is 71.3 Å². The van der Waals surface area contributed by atoms with Crippen LogP contribution in [0.2, 0.25) is 4.34 Å². The molecule has 5 rings (SSSR count). The summed E-state index contributed by atoms with van der Waals surface area (Å²) in [5.41, 5.74) is 8.96. The summed E-state index contributed by atoms with van der Waals surface area (Å²) in [6.45, 7) is 0.773. The largest absolute Gasteiger partial charge is 0.496 e. The maximum Gasteiger partial charge on any atom is 0.272 e. The number of hydrogen-bond acceptors (Lipinski definition) is 8. The molecule has 0 aliphatic rings. The summed E-state index contributed by atoms with van der Waals surface area (Å²) in [6, 6.07) is 15.6. The van der Waals surface area contributed by atoms with Gasteiger partial charge in [0.05, 0.1) is 41.3 Å². The van der Waals surface area contributed by atoms with Crippen molar-refractivity contribution in [1.29, 1.82) is 0 Å². The Balaban J connectivity index is 1.39. The Morgan fingerprint density at radius 2 is 2.00 bits per heavy atom. The second-order valence-electron chi connectivity index (χ2n) is 8.96. The molecule has 5 N–H and O–H groups in total. The van der Waals surface area contributed by atoms with Crippen LogP contribution in [0.3, 0.4) is 0 Å². The Morgan fingerprint density at radius 3 is 2.70 bits per heavy atom. The topological polar surface area (TPSA) is 157 Å². The zero-order valence-corrected chi connectivity index (χ0v) is 23.7. The van der Waals surface area contributed by atoms with Gasteiger partial charge in [-0.25, -0.2) is 13.4 Å². The number of ether oxygens (including phenoxy) is 1. The van der Waals surface area contributed by atoms with Crippen molar-refractivity contribution in [2.45, 2.75) is 29.8 Å². The van der Waals surface area contributed by atoms with Gasteiger partial charge < -0.3 is 20.8 Å². The van der Waals surface area contributed by atoms with Crippen molar-refractivity contribution in [2.24, 2.45) is 5.73 Å². The fourth-order valence-electron chi connectivity index (χ4n) is 4.32. The van der Waals surface area contributed by atoms with Crippen molar-refractivity contribution < 1.29 is 17.9 Å². The van der Waals surface area contributed by atoms with E-state index in [0.29, 0.717) is 40.5 Å². The Hall–Kier alpha value is -3.91. The van der Waals surface area contributed by atoms with Crippen LogP contribution in [0.1, 0.15) is 16.8 Å².